The minimum absolute atomic E-state index is 0.0311. The second kappa shape index (κ2) is 4.97. The van der Waals surface area contributed by atoms with Gasteiger partial charge in [0.1, 0.15) is 12.6 Å². The van der Waals surface area contributed by atoms with Crippen molar-refractivity contribution in [1.82, 2.24) is 9.80 Å². The van der Waals surface area contributed by atoms with E-state index in [0.29, 0.717) is 18.7 Å². The molecule has 0 bridgehead atoms. The minimum Gasteiger partial charge on any atom is -0.329 e. The lowest BCUT2D eigenvalue weighted by Crippen LogP contribution is -2.56. The quantitative estimate of drug-likeness (QED) is 0.801. The Kier molecular flexibility index (Phi) is 3.15. The number of piperazine rings is 1. The van der Waals surface area contributed by atoms with Gasteiger partial charge in [-0.1, -0.05) is 12.1 Å². The lowest BCUT2D eigenvalue weighted by molar-refractivity contribution is -0.154. The molecule has 2 fully saturated rings. The highest BCUT2D eigenvalue weighted by Crippen LogP contribution is 2.24. The first-order chi connectivity index (χ1) is 9.69. The molecule has 1 aromatic carbocycles. The van der Waals surface area contributed by atoms with Crippen molar-refractivity contribution in [3.05, 3.63) is 35.4 Å². The van der Waals surface area contributed by atoms with Crippen molar-refractivity contribution in [2.75, 3.05) is 13.1 Å². The summed E-state index contributed by atoms with van der Waals surface area (Å²) in [5.74, 6) is 0.0630. The molecule has 0 radical (unpaired) electrons. The fourth-order valence-electron chi connectivity index (χ4n) is 2.96. The summed E-state index contributed by atoms with van der Waals surface area (Å²) in [6.07, 6.45) is 1.67. The van der Waals surface area contributed by atoms with Crippen LogP contribution in [-0.4, -0.2) is 40.7 Å². The maximum atomic E-state index is 12.4. The average molecular weight is 269 g/mol. The van der Waals surface area contributed by atoms with Crippen molar-refractivity contribution >= 4 is 11.8 Å². The SMILES string of the molecule is N#Cc1cccc(CN2CC(=O)N3CCCC3C2=O)c1. The standard InChI is InChI=1S/C15H15N3O2/c16-8-11-3-1-4-12(7-11)9-17-10-14(19)18-6-2-5-13(18)15(17)20/h1,3-4,7,13H,2,5-6,9-10H2. The van der Waals surface area contributed by atoms with E-state index in [1.165, 1.54) is 0 Å². The van der Waals surface area contributed by atoms with Crippen molar-refractivity contribution in [3.8, 4) is 6.07 Å². The first-order valence-corrected chi connectivity index (χ1v) is 6.76. The van der Waals surface area contributed by atoms with E-state index in [1.807, 2.05) is 6.07 Å². The van der Waals surface area contributed by atoms with Gasteiger partial charge in [0.2, 0.25) is 11.8 Å². The van der Waals surface area contributed by atoms with E-state index in [-0.39, 0.29) is 24.4 Å². The van der Waals surface area contributed by atoms with Crippen LogP contribution in [0.1, 0.15) is 24.0 Å². The van der Waals surface area contributed by atoms with Gasteiger partial charge in [0.25, 0.3) is 0 Å². The summed E-state index contributed by atoms with van der Waals surface area (Å²) in [7, 11) is 0. The summed E-state index contributed by atoms with van der Waals surface area (Å²) in [4.78, 5) is 27.7. The van der Waals surface area contributed by atoms with Crippen LogP contribution < -0.4 is 0 Å². The van der Waals surface area contributed by atoms with Gasteiger partial charge < -0.3 is 9.80 Å². The molecular formula is C15H15N3O2. The van der Waals surface area contributed by atoms with Crippen LogP contribution in [0.2, 0.25) is 0 Å². The molecule has 5 nitrogen and oxygen atoms in total. The summed E-state index contributed by atoms with van der Waals surface area (Å²) in [5, 5.41) is 8.89. The first kappa shape index (κ1) is 12.7. The van der Waals surface area contributed by atoms with Crippen molar-refractivity contribution in [3.63, 3.8) is 0 Å². The maximum Gasteiger partial charge on any atom is 0.246 e. The predicted octanol–water partition coefficient (Wildman–Crippen LogP) is 0.891. The molecule has 1 atom stereocenters. The van der Waals surface area contributed by atoms with Gasteiger partial charge in [-0.2, -0.15) is 5.26 Å². The molecule has 20 heavy (non-hydrogen) atoms. The Balaban J connectivity index is 1.78. The number of benzene rings is 1. The van der Waals surface area contributed by atoms with E-state index in [9.17, 15) is 9.59 Å². The Morgan fingerprint density at radius 1 is 1.35 bits per heavy atom. The van der Waals surface area contributed by atoms with Crippen molar-refractivity contribution in [1.29, 1.82) is 5.26 Å². The van der Waals surface area contributed by atoms with Crippen molar-refractivity contribution in [2.45, 2.75) is 25.4 Å². The number of hydrogen-bond acceptors (Lipinski definition) is 3. The summed E-state index contributed by atoms with van der Waals surface area (Å²) in [6.45, 7) is 1.24. The highest BCUT2D eigenvalue weighted by atomic mass is 16.2. The molecule has 2 amide bonds. The van der Waals surface area contributed by atoms with Crippen LogP contribution in [0.5, 0.6) is 0 Å². The third-order valence-corrected chi connectivity index (χ3v) is 3.93. The van der Waals surface area contributed by atoms with Gasteiger partial charge in [0, 0.05) is 13.1 Å². The molecule has 2 aliphatic heterocycles. The summed E-state index contributed by atoms with van der Waals surface area (Å²) >= 11 is 0. The Morgan fingerprint density at radius 2 is 2.20 bits per heavy atom. The third-order valence-electron chi connectivity index (χ3n) is 3.93. The molecule has 2 heterocycles. The number of carbonyl (C=O) groups excluding carboxylic acids is 2. The number of hydrogen-bond donors (Lipinski definition) is 0. The van der Waals surface area contributed by atoms with E-state index >= 15 is 0 Å². The number of nitriles is 1. The number of carbonyl (C=O) groups is 2. The molecule has 0 saturated carbocycles. The Labute approximate surface area is 117 Å². The molecular weight excluding hydrogens is 254 g/mol. The van der Waals surface area contributed by atoms with Crippen LogP contribution in [0.15, 0.2) is 24.3 Å². The van der Waals surface area contributed by atoms with Crippen LogP contribution in [0.25, 0.3) is 0 Å². The lowest BCUT2D eigenvalue weighted by Gasteiger charge is -2.36. The van der Waals surface area contributed by atoms with E-state index in [4.69, 9.17) is 5.26 Å². The fourth-order valence-corrected chi connectivity index (χ4v) is 2.96. The van der Waals surface area contributed by atoms with Gasteiger partial charge in [-0.05, 0) is 30.5 Å². The normalized spacial score (nSPS) is 21.9. The van der Waals surface area contributed by atoms with Crippen molar-refractivity contribution in [2.24, 2.45) is 0 Å². The zero-order valence-electron chi connectivity index (χ0n) is 11.1. The topological polar surface area (TPSA) is 64.4 Å². The lowest BCUT2D eigenvalue weighted by atomic mass is 10.1. The molecule has 1 unspecified atom stereocenters. The first-order valence-electron chi connectivity index (χ1n) is 6.76. The summed E-state index contributed by atoms with van der Waals surface area (Å²) in [6, 6.07) is 8.98. The van der Waals surface area contributed by atoms with E-state index in [2.05, 4.69) is 6.07 Å². The summed E-state index contributed by atoms with van der Waals surface area (Å²) in [5.41, 5.74) is 1.46. The van der Waals surface area contributed by atoms with E-state index < -0.39 is 0 Å². The van der Waals surface area contributed by atoms with Gasteiger partial charge in [-0.25, -0.2) is 0 Å². The fraction of sp³-hybridized carbons (Fsp3) is 0.400. The maximum absolute atomic E-state index is 12.4. The molecule has 5 heteroatoms. The van der Waals surface area contributed by atoms with Crippen molar-refractivity contribution < 1.29 is 9.59 Å². The number of amides is 2. The second-order valence-corrected chi connectivity index (χ2v) is 5.25. The van der Waals surface area contributed by atoms with Crippen LogP contribution in [0.3, 0.4) is 0 Å². The van der Waals surface area contributed by atoms with Gasteiger partial charge in [0.15, 0.2) is 0 Å². The molecule has 1 aromatic rings. The highest BCUT2D eigenvalue weighted by Gasteiger charge is 2.41. The van der Waals surface area contributed by atoms with Crippen LogP contribution in [0.4, 0.5) is 0 Å². The molecule has 2 aliphatic rings. The number of nitrogens with zero attached hydrogens (tertiary/aromatic N) is 3. The number of fused-ring (bicyclic) bond motifs is 1. The monoisotopic (exact) mass is 269 g/mol. The molecule has 0 N–H and O–H groups in total. The highest BCUT2D eigenvalue weighted by molar-refractivity contribution is 5.95. The van der Waals surface area contributed by atoms with E-state index in [0.717, 1.165) is 18.4 Å². The smallest absolute Gasteiger partial charge is 0.246 e. The average Bonchev–Trinajstić information content (AvgIpc) is 2.95. The Bertz CT molecular complexity index is 605. The molecule has 0 spiro atoms. The molecule has 2 saturated heterocycles. The zero-order chi connectivity index (χ0) is 14.1. The Hall–Kier alpha value is -2.35. The van der Waals surface area contributed by atoms with Gasteiger partial charge in [-0.15, -0.1) is 0 Å². The van der Waals surface area contributed by atoms with Crippen LogP contribution >= 0.6 is 0 Å². The van der Waals surface area contributed by atoms with Crippen LogP contribution in [0, 0.1) is 11.3 Å². The second-order valence-electron chi connectivity index (χ2n) is 5.25. The van der Waals surface area contributed by atoms with Gasteiger partial charge >= 0.3 is 0 Å². The summed E-state index contributed by atoms with van der Waals surface area (Å²) < 4.78 is 0. The molecule has 0 aliphatic carbocycles. The minimum atomic E-state index is -0.268. The molecule has 3 rings (SSSR count). The molecule has 102 valence electrons. The van der Waals surface area contributed by atoms with Gasteiger partial charge in [0.05, 0.1) is 11.6 Å². The van der Waals surface area contributed by atoms with E-state index in [1.54, 1.807) is 28.0 Å². The Morgan fingerprint density at radius 3 is 3.00 bits per heavy atom. The largest absolute Gasteiger partial charge is 0.329 e. The van der Waals surface area contributed by atoms with Gasteiger partial charge in [-0.3, -0.25) is 9.59 Å². The number of rotatable bonds is 2. The predicted molar refractivity (Wildman–Crippen MR) is 71.3 cm³/mol. The zero-order valence-corrected chi connectivity index (χ0v) is 11.1. The molecule has 0 aromatic heterocycles. The van der Waals surface area contributed by atoms with Crippen LogP contribution in [-0.2, 0) is 16.1 Å². The third kappa shape index (κ3) is 2.14.